The number of rotatable bonds is 11. The maximum Gasteiger partial charge on any atom is 0.312 e. The molecule has 0 fully saturated rings. The number of hydrogen-bond acceptors (Lipinski definition) is 7. The van der Waals surface area contributed by atoms with Crippen LogP contribution in [-0.2, 0) is 26.2 Å². The number of carbonyl (C=O) groups is 1. The van der Waals surface area contributed by atoms with Gasteiger partial charge in [0.25, 0.3) is 0 Å². The van der Waals surface area contributed by atoms with Crippen LogP contribution in [0.3, 0.4) is 0 Å². The van der Waals surface area contributed by atoms with Crippen LogP contribution in [0.25, 0.3) is 0 Å². The largest absolute Gasteiger partial charge is 0.454 e. The van der Waals surface area contributed by atoms with E-state index < -0.39 is 10.0 Å². The molecule has 0 unspecified atom stereocenters. The Morgan fingerprint density at radius 2 is 1.89 bits per heavy atom. The van der Waals surface area contributed by atoms with Crippen molar-refractivity contribution in [1.82, 2.24) is 5.48 Å². The van der Waals surface area contributed by atoms with Crippen LogP contribution in [-0.4, -0.2) is 26.9 Å². The van der Waals surface area contributed by atoms with E-state index in [9.17, 15) is 13.2 Å². The number of sulfonamides is 1. The number of benzene rings is 2. The van der Waals surface area contributed by atoms with Gasteiger partial charge in [-0.25, -0.2) is 13.6 Å². The number of ether oxygens (including phenoxy) is 1. The molecule has 0 aliphatic heterocycles. The van der Waals surface area contributed by atoms with Gasteiger partial charge in [0.15, 0.2) is 5.75 Å². The lowest BCUT2D eigenvalue weighted by molar-refractivity contribution is -0.135. The highest BCUT2D eigenvalue weighted by molar-refractivity contribution is 7.89. The van der Waals surface area contributed by atoms with E-state index >= 15 is 0 Å². The van der Waals surface area contributed by atoms with Crippen LogP contribution in [0, 0.1) is 0 Å². The Kier molecular flexibility index (Phi) is 9.39. The van der Waals surface area contributed by atoms with Crippen molar-refractivity contribution in [3.05, 3.63) is 48.0 Å². The minimum atomic E-state index is -4.06. The highest BCUT2D eigenvalue weighted by Gasteiger charge is 2.21. The number of hydroxylamine groups is 1. The van der Waals surface area contributed by atoms with E-state index in [0.29, 0.717) is 23.5 Å². The number of nitrogens with one attached hydrogen (secondary N) is 2. The van der Waals surface area contributed by atoms with Crippen LogP contribution in [0.4, 0.5) is 5.69 Å². The third kappa shape index (κ3) is 6.82. The topological polar surface area (TPSA) is 151 Å². The number of unbranched alkanes of at least 4 members (excludes halogenated alkanes) is 1. The first kappa shape index (κ1) is 23.4. The minimum Gasteiger partial charge on any atom is -0.454 e. The molecule has 0 spiro atoms. The molecule has 0 atom stereocenters. The molecule has 0 aliphatic rings. The normalized spacial score (nSPS) is 10.6. The molecule has 0 radical (unpaired) electrons. The summed E-state index contributed by atoms with van der Waals surface area (Å²) in [5.74, 6) is 0.607. The Morgan fingerprint density at radius 3 is 2.50 bits per heavy atom. The zero-order valence-electron chi connectivity index (χ0n) is 15.5. The quantitative estimate of drug-likeness (QED) is 0.289. The van der Waals surface area contributed by atoms with Crippen LogP contribution in [0.2, 0.25) is 0 Å². The molecule has 2 aromatic rings. The predicted octanol–water partition coefficient (Wildman–Crippen LogP) is 1.69. The molecule has 0 saturated heterocycles. The Bertz CT molecular complexity index is 859. The first-order chi connectivity index (χ1) is 13.0. The van der Waals surface area contributed by atoms with Gasteiger partial charge in [0.05, 0.1) is 12.2 Å². The Morgan fingerprint density at radius 1 is 1.18 bits per heavy atom. The first-order valence-electron chi connectivity index (χ1n) is 8.44. The molecule has 0 aliphatic carbocycles. The van der Waals surface area contributed by atoms with E-state index in [0.717, 1.165) is 12.8 Å². The fraction of sp³-hybridized carbons (Fsp3) is 0.278. The van der Waals surface area contributed by atoms with Gasteiger partial charge in [-0.05, 0) is 36.2 Å². The first-order valence-corrected chi connectivity index (χ1v) is 9.99. The fourth-order valence-electron chi connectivity index (χ4n) is 2.37. The lowest BCUT2D eigenvalue weighted by atomic mass is 10.1. The standard InChI is InChI=1S/C18H23N3O5S.H2O/c1-2-3-9-20-16-10-14(12-21-25-13-22)11-17(27(19,23)24)18(16)26-15-7-5-4-6-8-15;/h4-8,10-11,13,20-21H,2-3,9,12H2,1H3,(H2,19,23,24);1H2. The lowest BCUT2D eigenvalue weighted by Gasteiger charge is -2.18. The molecule has 0 saturated carbocycles. The lowest BCUT2D eigenvalue weighted by Crippen LogP contribution is -2.17. The predicted molar refractivity (Wildman–Crippen MR) is 105 cm³/mol. The van der Waals surface area contributed by atoms with E-state index in [1.165, 1.54) is 6.07 Å². The van der Waals surface area contributed by atoms with E-state index in [2.05, 4.69) is 22.6 Å². The highest BCUT2D eigenvalue weighted by Crippen LogP contribution is 2.37. The van der Waals surface area contributed by atoms with Crippen LogP contribution >= 0.6 is 0 Å². The summed E-state index contributed by atoms with van der Waals surface area (Å²) in [4.78, 5) is 14.6. The van der Waals surface area contributed by atoms with Crippen molar-refractivity contribution in [2.45, 2.75) is 31.2 Å². The van der Waals surface area contributed by atoms with Crippen molar-refractivity contribution in [3.63, 3.8) is 0 Å². The molecule has 9 nitrogen and oxygen atoms in total. The maximum absolute atomic E-state index is 12.2. The second-order valence-electron chi connectivity index (χ2n) is 5.75. The third-order valence-corrected chi connectivity index (χ3v) is 4.55. The van der Waals surface area contributed by atoms with Gasteiger partial charge in [-0.2, -0.15) is 0 Å². The van der Waals surface area contributed by atoms with Gasteiger partial charge in [0.2, 0.25) is 10.0 Å². The number of primary sulfonamides is 1. The Balaban J connectivity index is 0.00000392. The Labute approximate surface area is 164 Å². The van der Waals surface area contributed by atoms with E-state index in [-0.39, 0.29) is 29.1 Å². The monoisotopic (exact) mass is 411 g/mol. The van der Waals surface area contributed by atoms with Gasteiger partial charge in [0, 0.05) is 6.54 Å². The van der Waals surface area contributed by atoms with Crippen molar-refractivity contribution in [2.24, 2.45) is 5.14 Å². The molecule has 0 bridgehead atoms. The molecule has 2 rings (SSSR count). The summed E-state index contributed by atoms with van der Waals surface area (Å²) in [7, 11) is -4.06. The molecule has 0 aromatic heterocycles. The smallest absolute Gasteiger partial charge is 0.312 e. The third-order valence-electron chi connectivity index (χ3n) is 3.64. The highest BCUT2D eigenvalue weighted by atomic mass is 32.2. The van der Waals surface area contributed by atoms with E-state index in [4.69, 9.17) is 9.88 Å². The van der Waals surface area contributed by atoms with E-state index in [1.54, 1.807) is 30.3 Å². The van der Waals surface area contributed by atoms with Crippen LogP contribution in [0.5, 0.6) is 11.5 Å². The number of carbonyl (C=O) groups excluding carboxylic acids is 1. The SMILES string of the molecule is CCCCNc1cc(CNOC=O)cc(S(N)(=O)=O)c1Oc1ccccc1.O. The number of hydrogen-bond donors (Lipinski definition) is 3. The van der Waals surface area contributed by atoms with Crippen LogP contribution in [0.1, 0.15) is 25.3 Å². The molecular formula is C18H25N3O6S. The van der Waals surface area contributed by atoms with Gasteiger partial charge in [-0.15, -0.1) is 5.48 Å². The van der Waals surface area contributed by atoms with Crippen molar-refractivity contribution < 1.29 is 28.3 Å². The number of anilines is 1. The maximum atomic E-state index is 12.2. The van der Waals surface area contributed by atoms with Gasteiger partial charge >= 0.3 is 6.47 Å². The average Bonchev–Trinajstić information content (AvgIpc) is 2.63. The molecule has 0 amide bonds. The summed E-state index contributed by atoms with van der Waals surface area (Å²) < 4.78 is 30.2. The molecule has 154 valence electrons. The molecule has 2 aromatic carbocycles. The summed E-state index contributed by atoms with van der Waals surface area (Å²) in [5.41, 5.74) is 3.46. The summed E-state index contributed by atoms with van der Waals surface area (Å²) in [5, 5.41) is 8.61. The summed E-state index contributed by atoms with van der Waals surface area (Å²) in [6.45, 7) is 3.03. The fourth-order valence-corrected chi connectivity index (χ4v) is 3.10. The van der Waals surface area contributed by atoms with Gasteiger partial charge in [-0.1, -0.05) is 31.5 Å². The summed E-state index contributed by atoms with van der Waals surface area (Å²) in [6.07, 6.45) is 1.87. The second-order valence-corrected chi connectivity index (χ2v) is 7.28. The zero-order chi connectivity index (χ0) is 19.7. The average molecular weight is 411 g/mol. The summed E-state index contributed by atoms with van der Waals surface area (Å²) >= 11 is 0. The molecule has 28 heavy (non-hydrogen) atoms. The molecule has 6 N–H and O–H groups in total. The number of para-hydroxylation sites is 1. The Hall–Kier alpha value is -2.66. The van der Waals surface area contributed by atoms with Crippen LogP contribution in [0.15, 0.2) is 47.4 Å². The van der Waals surface area contributed by atoms with Crippen molar-refractivity contribution in [2.75, 3.05) is 11.9 Å². The molecule has 10 heteroatoms. The van der Waals surface area contributed by atoms with Gasteiger partial charge in [0.1, 0.15) is 10.6 Å². The zero-order valence-corrected chi connectivity index (χ0v) is 16.3. The van der Waals surface area contributed by atoms with Crippen molar-refractivity contribution in [1.29, 1.82) is 0 Å². The van der Waals surface area contributed by atoms with Crippen molar-refractivity contribution >= 4 is 22.2 Å². The second kappa shape index (κ2) is 11.2. The number of nitrogens with two attached hydrogens (primary N) is 1. The molecule has 0 heterocycles. The summed E-state index contributed by atoms with van der Waals surface area (Å²) in [6, 6.07) is 11.9. The van der Waals surface area contributed by atoms with Crippen molar-refractivity contribution in [3.8, 4) is 11.5 Å². The van der Waals surface area contributed by atoms with Gasteiger partial charge < -0.3 is 20.4 Å². The van der Waals surface area contributed by atoms with Gasteiger partial charge in [-0.3, -0.25) is 4.79 Å². The minimum absolute atomic E-state index is 0. The molecular weight excluding hydrogens is 386 g/mol. The van der Waals surface area contributed by atoms with E-state index in [1.807, 2.05) is 6.07 Å². The van der Waals surface area contributed by atoms with Crippen LogP contribution < -0.4 is 20.7 Å².